The van der Waals surface area contributed by atoms with Crippen LogP contribution >= 0.6 is 31.9 Å². The van der Waals surface area contributed by atoms with Crippen molar-refractivity contribution in [3.05, 3.63) is 59.2 Å². The smallest absolute Gasteiger partial charge is 0.0664 e. The lowest BCUT2D eigenvalue weighted by Gasteiger charge is -2.15. The number of alkyl halides is 2. The van der Waals surface area contributed by atoms with E-state index in [0.29, 0.717) is 0 Å². The van der Waals surface area contributed by atoms with Crippen LogP contribution in [0, 0.1) is 10.8 Å². The van der Waals surface area contributed by atoms with Gasteiger partial charge in [-0.1, -0.05) is 108 Å². The summed E-state index contributed by atoms with van der Waals surface area (Å²) < 4.78 is -0.127. The van der Waals surface area contributed by atoms with Gasteiger partial charge in [0, 0.05) is 5.41 Å². The molecule has 0 nitrogen and oxygen atoms in total. The number of halogens is 2. The molecule has 2 aliphatic rings. The Hall–Kier alpha value is -0.600. The SMILES string of the molecule is CC1(C)C(=C2C(Br)(Br)C2(C)c2cccc3ccccc23)C1(C)C. The fourth-order valence-electron chi connectivity index (χ4n) is 4.48. The summed E-state index contributed by atoms with van der Waals surface area (Å²) in [6, 6.07) is 15.4. The first kappa shape index (κ1) is 15.9. The summed E-state index contributed by atoms with van der Waals surface area (Å²) in [5, 5.41) is 2.67. The maximum absolute atomic E-state index is 4.00. The van der Waals surface area contributed by atoms with E-state index >= 15 is 0 Å². The Labute approximate surface area is 155 Å². The third kappa shape index (κ3) is 1.72. The Bertz CT molecular complexity index is 849. The second-order valence-corrected chi connectivity index (χ2v) is 11.7. The molecule has 0 heterocycles. The van der Waals surface area contributed by atoms with Crippen molar-refractivity contribution in [1.82, 2.24) is 0 Å². The third-order valence-electron chi connectivity index (χ3n) is 6.71. The van der Waals surface area contributed by atoms with Crippen molar-refractivity contribution in [2.24, 2.45) is 10.8 Å². The first-order valence-corrected chi connectivity index (χ1v) is 9.79. The standard InChI is InChI=1S/C21H22Br2/c1-18(2)16(19(18,3)4)17-20(5,21(17,22)23)15-12-8-10-13-9-6-7-11-14(13)15/h6-12H,1-5H3. The predicted molar refractivity (Wildman–Crippen MR) is 106 cm³/mol. The van der Waals surface area contributed by atoms with E-state index in [0.717, 1.165) is 0 Å². The molecule has 2 fully saturated rings. The Morgan fingerprint density at radius 2 is 1.26 bits per heavy atom. The molecule has 2 aliphatic carbocycles. The molecule has 0 N–H and O–H groups in total. The Morgan fingerprint density at radius 1 is 0.696 bits per heavy atom. The zero-order valence-electron chi connectivity index (χ0n) is 14.3. The monoisotopic (exact) mass is 432 g/mol. The van der Waals surface area contributed by atoms with Gasteiger partial charge in [0.05, 0.1) is 0 Å². The van der Waals surface area contributed by atoms with Gasteiger partial charge in [0.2, 0.25) is 0 Å². The molecule has 2 aromatic carbocycles. The molecular formula is C21H22Br2. The van der Waals surface area contributed by atoms with Crippen LogP contribution in [-0.2, 0) is 5.41 Å². The molecule has 0 amide bonds. The third-order valence-corrected chi connectivity index (χ3v) is 9.09. The van der Waals surface area contributed by atoms with Crippen LogP contribution in [0.1, 0.15) is 40.2 Å². The van der Waals surface area contributed by atoms with Crippen LogP contribution in [0.25, 0.3) is 10.8 Å². The van der Waals surface area contributed by atoms with Crippen LogP contribution in [0.5, 0.6) is 0 Å². The number of rotatable bonds is 1. The van der Waals surface area contributed by atoms with E-state index in [1.165, 1.54) is 21.9 Å². The summed E-state index contributed by atoms with van der Waals surface area (Å²) in [5.74, 6) is 0. The first-order valence-electron chi connectivity index (χ1n) is 8.20. The highest BCUT2D eigenvalue weighted by molar-refractivity contribution is 9.26. The van der Waals surface area contributed by atoms with Crippen LogP contribution in [-0.4, -0.2) is 3.23 Å². The minimum atomic E-state index is -0.127. The minimum absolute atomic E-state index is 0.00572. The maximum Gasteiger partial charge on any atom is 0.116 e. The van der Waals surface area contributed by atoms with Crippen LogP contribution < -0.4 is 0 Å². The molecule has 4 rings (SSSR count). The number of benzene rings is 2. The molecule has 0 radical (unpaired) electrons. The lowest BCUT2D eigenvalue weighted by atomic mass is 9.91. The number of allylic oxidation sites excluding steroid dienone is 2. The predicted octanol–water partition coefficient (Wildman–Crippen LogP) is 6.96. The van der Waals surface area contributed by atoms with E-state index < -0.39 is 0 Å². The molecule has 1 unspecified atom stereocenters. The first-order chi connectivity index (χ1) is 10.6. The van der Waals surface area contributed by atoms with Crippen molar-refractivity contribution in [2.45, 2.75) is 43.3 Å². The molecule has 1 atom stereocenters. The van der Waals surface area contributed by atoms with Crippen molar-refractivity contribution in [3.63, 3.8) is 0 Å². The Morgan fingerprint density at radius 3 is 1.87 bits per heavy atom. The summed E-state index contributed by atoms with van der Waals surface area (Å²) in [6.07, 6.45) is 0. The average molecular weight is 434 g/mol. The van der Waals surface area contributed by atoms with Gasteiger partial charge in [-0.3, -0.25) is 0 Å². The van der Waals surface area contributed by atoms with E-state index in [1.807, 2.05) is 0 Å². The van der Waals surface area contributed by atoms with Gasteiger partial charge in [-0.05, 0) is 39.7 Å². The second-order valence-electron chi connectivity index (χ2n) is 8.23. The summed E-state index contributed by atoms with van der Waals surface area (Å²) in [6.45, 7) is 11.8. The van der Waals surface area contributed by atoms with Crippen molar-refractivity contribution in [3.8, 4) is 0 Å². The topological polar surface area (TPSA) is 0 Å². The molecule has 0 saturated heterocycles. The molecule has 0 aromatic heterocycles. The number of fused-ring (bicyclic) bond motifs is 1. The summed E-state index contributed by atoms with van der Waals surface area (Å²) >= 11 is 8.00. The van der Waals surface area contributed by atoms with E-state index in [1.54, 1.807) is 5.57 Å². The Kier molecular flexibility index (Phi) is 2.99. The van der Waals surface area contributed by atoms with Crippen LogP contribution in [0.4, 0.5) is 0 Å². The van der Waals surface area contributed by atoms with Crippen molar-refractivity contribution < 1.29 is 0 Å². The van der Waals surface area contributed by atoms with E-state index in [4.69, 9.17) is 0 Å². The quantitative estimate of drug-likeness (QED) is 0.336. The van der Waals surface area contributed by atoms with Crippen molar-refractivity contribution in [2.75, 3.05) is 0 Å². The molecule has 0 bridgehead atoms. The Balaban J connectivity index is 1.98. The van der Waals surface area contributed by atoms with Crippen LogP contribution in [0.3, 0.4) is 0 Å². The average Bonchev–Trinajstić information content (AvgIpc) is 3.10. The van der Waals surface area contributed by atoms with Gasteiger partial charge < -0.3 is 0 Å². The van der Waals surface area contributed by atoms with E-state index in [2.05, 4.69) is 109 Å². The van der Waals surface area contributed by atoms with Crippen molar-refractivity contribution >= 4 is 42.6 Å². The second kappa shape index (κ2) is 4.32. The highest BCUT2D eigenvalue weighted by Crippen LogP contribution is 2.81. The molecule has 2 aromatic rings. The van der Waals surface area contributed by atoms with Gasteiger partial charge in [0.25, 0.3) is 0 Å². The summed E-state index contributed by atoms with van der Waals surface area (Å²) in [5.41, 5.74) is 5.08. The lowest BCUT2D eigenvalue weighted by molar-refractivity contribution is 0.457. The van der Waals surface area contributed by atoms with Crippen LogP contribution in [0.15, 0.2) is 53.6 Å². The molecule has 0 aliphatic heterocycles. The van der Waals surface area contributed by atoms with Gasteiger partial charge in [0.15, 0.2) is 0 Å². The lowest BCUT2D eigenvalue weighted by Crippen LogP contribution is -2.09. The molecule has 2 saturated carbocycles. The molecule has 2 heteroatoms. The highest BCUT2D eigenvalue weighted by Gasteiger charge is 2.76. The highest BCUT2D eigenvalue weighted by atomic mass is 79.9. The van der Waals surface area contributed by atoms with Crippen molar-refractivity contribution in [1.29, 1.82) is 0 Å². The van der Waals surface area contributed by atoms with Gasteiger partial charge in [0.1, 0.15) is 3.23 Å². The summed E-state index contributed by atoms with van der Waals surface area (Å²) in [7, 11) is 0. The summed E-state index contributed by atoms with van der Waals surface area (Å²) in [4.78, 5) is 0. The van der Waals surface area contributed by atoms with Gasteiger partial charge in [-0.15, -0.1) is 0 Å². The normalized spacial score (nSPS) is 29.7. The van der Waals surface area contributed by atoms with E-state index in [-0.39, 0.29) is 19.5 Å². The van der Waals surface area contributed by atoms with Gasteiger partial charge in [-0.25, -0.2) is 0 Å². The maximum atomic E-state index is 4.00. The number of hydrogen-bond acceptors (Lipinski definition) is 0. The molecular weight excluding hydrogens is 412 g/mol. The largest absolute Gasteiger partial charge is 0.116 e. The molecule has 0 spiro atoms. The zero-order chi connectivity index (χ0) is 16.8. The number of hydrogen-bond donors (Lipinski definition) is 0. The molecule has 120 valence electrons. The fraction of sp³-hybridized carbons (Fsp3) is 0.429. The fourth-order valence-corrected chi connectivity index (χ4v) is 6.30. The minimum Gasteiger partial charge on any atom is -0.0664 e. The zero-order valence-corrected chi connectivity index (χ0v) is 17.5. The van der Waals surface area contributed by atoms with Gasteiger partial charge in [-0.2, -0.15) is 0 Å². The van der Waals surface area contributed by atoms with Gasteiger partial charge >= 0.3 is 0 Å². The molecule has 23 heavy (non-hydrogen) atoms. The van der Waals surface area contributed by atoms with E-state index in [9.17, 15) is 0 Å². The van der Waals surface area contributed by atoms with Crippen LogP contribution in [0.2, 0.25) is 0 Å².